The second kappa shape index (κ2) is 10.1. The first-order valence-electron chi connectivity index (χ1n) is 15.6. The molecule has 7 unspecified atom stereocenters. The standard InChI is InChI=1S/C34H45N4O/c1-2-21-36-30(23-26-14-6-3-7-15-26)38-22-13-5-8-17-28(25-38)27-16-11-12-20-34(24-27)31(33(36)39)32(38)37(35-34)29-18-9-4-10-19-29/h2-4,6-7,9-10,14-15,18-19,27-28,30-32,35H,1,5,8,11-13,16-17,20-25H2/q+1. The van der Waals surface area contributed by atoms with Gasteiger partial charge < -0.3 is 0 Å². The number of carbonyl (C=O) groups is 1. The van der Waals surface area contributed by atoms with E-state index in [9.17, 15) is 4.79 Å². The van der Waals surface area contributed by atoms with Crippen LogP contribution in [0.2, 0.25) is 0 Å². The first-order chi connectivity index (χ1) is 19.2. The number of nitrogens with zero attached hydrogens (tertiary/aromatic N) is 3. The van der Waals surface area contributed by atoms with Crippen LogP contribution in [0.1, 0.15) is 63.4 Å². The number of anilines is 1. The second-order valence-corrected chi connectivity index (χ2v) is 13.1. The van der Waals surface area contributed by atoms with E-state index in [1.165, 1.54) is 62.7 Å². The highest BCUT2D eigenvalue weighted by Gasteiger charge is 2.71. The molecule has 7 rings (SSSR count). The zero-order chi connectivity index (χ0) is 26.5. The van der Waals surface area contributed by atoms with E-state index in [0.717, 1.165) is 36.2 Å². The van der Waals surface area contributed by atoms with Crippen LogP contribution in [-0.2, 0) is 11.2 Å². The molecular weight excluding hydrogens is 480 g/mol. The van der Waals surface area contributed by atoms with Crippen molar-refractivity contribution in [1.82, 2.24) is 10.3 Å². The average molecular weight is 526 g/mol. The van der Waals surface area contributed by atoms with Crippen LogP contribution in [0.25, 0.3) is 0 Å². The van der Waals surface area contributed by atoms with Gasteiger partial charge in [-0.2, -0.15) is 0 Å². The topological polar surface area (TPSA) is 35.6 Å². The Morgan fingerprint density at radius 2 is 1.69 bits per heavy atom. The Balaban J connectivity index is 1.47. The van der Waals surface area contributed by atoms with E-state index < -0.39 is 0 Å². The van der Waals surface area contributed by atoms with Crippen LogP contribution < -0.4 is 10.4 Å². The number of hydrogen-bond donors (Lipinski definition) is 1. The van der Waals surface area contributed by atoms with Crippen molar-refractivity contribution >= 4 is 11.6 Å². The minimum absolute atomic E-state index is 0.0364. The van der Waals surface area contributed by atoms with Crippen molar-refractivity contribution in [3.05, 3.63) is 78.9 Å². The zero-order valence-electron chi connectivity index (χ0n) is 23.4. The molecule has 4 aliphatic heterocycles. The van der Waals surface area contributed by atoms with Crippen LogP contribution in [0.3, 0.4) is 0 Å². The number of hydrazine groups is 1. The fourth-order valence-corrected chi connectivity index (χ4v) is 9.56. The van der Waals surface area contributed by atoms with E-state index in [4.69, 9.17) is 0 Å². The summed E-state index contributed by atoms with van der Waals surface area (Å²) in [4.78, 5) is 17.2. The van der Waals surface area contributed by atoms with E-state index in [2.05, 4.69) is 82.6 Å². The first-order valence-corrected chi connectivity index (χ1v) is 15.6. The van der Waals surface area contributed by atoms with Crippen molar-refractivity contribution < 1.29 is 9.28 Å². The maximum absolute atomic E-state index is 14.9. The van der Waals surface area contributed by atoms with Gasteiger partial charge in [0.1, 0.15) is 5.92 Å². The van der Waals surface area contributed by atoms with Crippen LogP contribution in [-0.4, -0.2) is 52.8 Å². The lowest BCUT2D eigenvalue weighted by Gasteiger charge is -2.61. The third-order valence-corrected chi connectivity index (χ3v) is 11.1. The average Bonchev–Trinajstić information content (AvgIpc) is 3.15. The van der Waals surface area contributed by atoms with E-state index in [0.29, 0.717) is 18.4 Å². The minimum atomic E-state index is -0.169. The van der Waals surface area contributed by atoms with Gasteiger partial charge in [0.25, 0.3) is 0 Å². The molecule has 5 aliphatic rings. The molecule has 1 amide bonds. The summed E-state index contributed by atoms with van der Waals surface area (Å²) in [5, 5.41) is 2.51. The van der Waals surface area contributed by atoms with Gasteiger partial charge in [0.05, 0.1) is 24.3 Å². The summed E-state index contributed by atoms with van der Waals surface area (Å²) in [6.45, 7) is 7.11. The summed E-state index contributed by atoms with van der Waals surface area (Å²) in [6.07, 6.45) is 14.4. The van der Waals surface area contributed by atoms with Crippen molar-refractivity contribution in [2.75, 3.05) is 24.6 Å². The van der Waals surface area contributed by atoms with Crippen molar-refractivity contribution in [3.63, 3.8) is 0 Å². The minimum Gasteiger partial charge on any atom is -0.288 e. The molecule has 5 nitrogen and oxygen atoms in total. The molecular formula is C34H45N4O+. The zero-order valence-corrected chi connectivity index (χ0v) is 23.4. The van der Waals surface area contributed by atoms with Gasteiger partial charge in [0.15, 0.2) is 12.3 Å². The largest absolute Gasteiger partial charge is 0.288 e. The van der Waals surface area contributed by atoms with E-state index >= 15 is 0 Å². The maximum atomic E-state index is 14.9. The van der Waals surface area contributed by atoms with Gasteiger partial charge in [-0.25, -0.2) is 5.43 Å². The lowest BCUT2D eigenvalue weighted by Crippen LogP contribution is -2.80. The molecule has 6 bridgehead atoms. The van der Waals surface area contributed by atoms with Crippen LogP contribution in [0, 0.1) is 17.8 Å². The summed E-state index contributed by atoms with van der Waals surface area (Å²) >= 11 is 0. The lowest BCUT2D eigenvalue weighted by molar-refractivity contribution is -0.991. The van der Waals surface area contributed by atoms with E-state index in [1.807, 2.05) is 6.08 Å². The Morgan fingerprint density at radius 1 is 0.949 bits per heavy atom. The molecule has 1 N–H and O–H groups in total. The third kappa shape index (κ3) is 4.07. The molecule has 0 radical (unpaired) electrons. The van der Waals surface area contributed by atoms with Crippen molar-refractivity contribution in [1.29, 1.82) is 0 Å². The van der Waals surface area contributed by atoms with Crippen LogP contribution >= 0.6 is 0 Å². The highest BCUT2D eigenvalue weighted by atomic mass is 16.2. The highest BCUT2D eigenvalue weighted by Crippen LogP contribution is 2.55. The SMILES string of the molecule is C=CCN1C(=O)C2C3N(c4ccccc4)NC24CCCCC(C4)C2CCCCC[N+]3(C2)C1Cc1ccccc1. The highest BCUT2D eigenvalue weighted by molar-refractivity contribution is 5.83. The van der Waals surface area contributed by atoms with Gasteiger partial charge in [-0.1, -0.05) is 73.9 Å². The Morgan fingerprint density at radius 3 is 2.49 bits per heavy atom. The lowest BCUT2D eigenvalue weighted by atomic mass is 9.67. The number of hydrogen-bond acceptors (Lipinski definition) is 3. The first kappa shape index (κ1) is 25.3. The van der Waals surface area contributed by atoms with E-state index in [1.54, 1.807) is 0 Å². The number of rotatable bonds is 5. The van der Waals surface area contributed by atoms with Crippen LogP contribution in [0.15, 0.2) is 73.3 Å². The van der Waals surface area contributed by atoms with Gasteiger partial charge >= 0.3 is 0 Å². The molecule has 2 spiro atoms. The Labute approximate surface area is 234 Å². The monoisotopic (exact) mass is 525 g/mol. The normalized spacial score (nSPS) is 37.7. The van der Waals surface area contributed by atoms with Gasteiger partial charge in [0, 0.05) is 18.9 Å². The molecule has 206 valence electrons. The fourth-order valence-electron chi connectivity index (χ4n) is 9.56. The molecule has 5 fully saturated rings. The number of nitrogens with one attached hydrogen (secondary N) is 1. The van der Waals surface area contributed by atoms with Gasteiger partial charge in [-0.05, 0) is 62.1 Å². The summed E-state index contributed by atoms with van der Waals surface area (Å²) in [7, 11) is 0. The molecule has 39 heavy (non-hydrogen) atoms. The smallest absolute Gasteiger partial charge is 0.240 e. The molecule has 4 heterocycles. The van der Waals surface area contributed by atoms with E-state index in [-0.39, 0.29) is 23.8 Å². The molecule has 1 aliphatic carbocycles. The number of carbonyl (C=O) groups excluding carboxylic acids is 1. The molecule has 2 aromatic carbocycles. The quantitative estimate of drug-likeness (QED) is 0.391. The molecule has 4 saturated heterocycles. The van der Waals surface area contributed by atoms with Gasteiger partial charge in [-0.3, -0.25) is 19.2 Å². The van der Waals surface area contributed by atoms with Crippen molar-refractivity contribution in [3.8, 4) is 0 Å². The number of quaternary nitrogens is 1. The number of benzene rings is 2. The molecule has 0 aromatic heterocycles. The number of fused-ring (bicyclic) bond motifs is 3. The van der Waals surface area contributed by atoms with Crippen LogP contribution in [0.5, 0.6) is 0 Å². The molecule has 7 atom stereocenters. The summed E-state index contributed by atoms with van der Waals surface area (Å²) in [6, 6.07) is 21.9. The predicted octanol–water partition coefficient (Wildman–Crippen LogP) is 5.89. The van der Waals surface area contributed by atoms with Crippen LogP contribution in [0.4, 0.5) is 5.69 Å². The number of para-hydroxylation sites is 1. The second-order valence-electron chi connectivity index (χ2n) is 13.1. The Bertz CT molecular complexity index is 1190. The molecule has 5 heteroatoms. The van der Waals surface area contributed by atoms with Gasteiger partial charge in [0.2, 0.25) is 5.91 Å². The maximum Gasteiger partial charge on any atom is 0.240 e. The molecule has 2 aromatic rings. The van der Waals surface area contributed by atoms with Crippen molar-refractivity contribution in [2.45, 2.75) is 82.1 Å². The molecule has 1 saturated carbocycles. The third-order valence-electron chi connectivity index (χ3n) is 11.1. The van der Waals surface area contributed by atoms with Gasteiger partial charge in [-0.15, -0.1) is 6.58 Å². The Kier molecular flexibility index (Phi) is 6.55. The predicted molar refractivity (Wildman–Crippen MR) is 156 cm³/mol. The Hall–Kier alpha value is -2.63. The fraction of sp³-hybridized carbons (Fsp3) is 0.559. The summed E-state index contributed by atoms with van der Waals surface area (Å²) in [5.74, 6) is 1.74. The number of amides is 1. The summed E-state index contributed by atoms with van der Waals surface area (Å²) in [5.41, 5.74) is 6.55. The van der Waals surface area contributed by atoms with Crippen molar-refractivity contribution in [2.24, 2.45) is 17.8 Å². The summed E-state index contributed by atoms with van der Waals surface area (Å²) < 4.78 is 1.00.